The fraction of sp³-hybridized carbons (Fsp3) is 0.438. The van der Waals surface area contributed by atoms with Crippen LogP contribution in [0.4, 0.5) is 4.79 Å². The molecule has 0 aromatic heterocycles. The molecule has 0 bridgehead atoms. The van der Waals surface area contributed by atoms with Crippen LogP contribution in [0.25, 0.3) is 0 Å². The van der Waals surface area contributed by atoms with Gasteiger partial charge in [-0.3, -0.25) is 9.59 Å². The molecule has 2 rings (SSSR count). The van der Waals surface area contributed by atoms with Gasteiger partial charge in [-0.1, -0.05) is 30.3 Å². The standard InChI is InChI=1S/C16H21N3O4/c1-11(12-5-3-2-4-6-12)19-10-13(9-14(19)20)18-16(23)17-8-7-15(21)22/h2-6,11,13H,7-10H2,1H3,(H,21,22)(H2,17,18,23). The van der Waals surface area contributed by atoms with E-state index in [1.54, 1.807) is 4.90 Å². The predicted octanol–water partition coefficient (Wildman–Crippen LogP) is 1.12. The van der Waals surface area contributed by atoms with Gasteiger partial charge < -0.3 is 20.6 Å². The van der Waals surface area contributed by atoms with Crippen LogP contribution in [-0.2, 0) is 9.59 Å². The lowest BCUT2D eigenvalue weighted by molar-refractivity contribution is -0.136. The molecule has 0 radical (unpaired) electrons. The second kappa shape index (κ2) is 7.62. The molecule has 1 saturated heterocycles. The Balaban J connectivity index is 1.85. The third kappa shape index (κ3) is 4.70. The van der Waals surface area contributed by atoms with Gasteiger partial charge >= 0.3 is 12.0 Å². The summed E-state index contributed by atoms with van der Waals surface area (Å²) in [6.07, 6.45) is 0.123. The molecule has 1 aliphatic heterocycles. The number of nitrogens with one attached hydrogen (secondary N) is 2. The van der Waals surface area contributed by atoms with Crippen LogP contribution < -0.4 is 10.6 Å². The van der Waals surface area contributed by atoms with E-state index in [0.29, 0.717) is 6.54 Å². The smallest absolute Gasteiger partial charge is 0.315 e. The molecule has 7 heteroatoms. The maximum absolute atomic E-state index is 12.2. The molecule has 0 saturated carbocycles. The first-order valence-corrected chi connectivity index (χ1v) is 7.58. The van der Waals surface area contributed by atoms with Crippen LogP contribution in [-0.4, -0.2) is 47.0 Å². The highest BCUT2D eigenvalue weighted by Crippen LogP contribution is 2.25. The van der Waals surface area contributed by atoms with Crippen LogP contribution >= 0.6 is 0 Å². The molecule has 1 aliphatic rings. The Morgan fingerprint density at radius 3 is 2.70 bits per heavy atom. The minimum Gasteiger partial charge on any atom is -0.481 e. The van der Waals surface area contributed by atoms with Crippen LogP contribution in [0.3, 0.4) is 0 Å². The normalized spacial score (nSPS) is 18.6. The molecule has 2 atom stereocenters. The van der Waals surface area contributed by atoms with Crippen molar-refractivity contribution in [2.24, 2.45) is 0 Å². The summed E-state index contributed by atoms with van der Waals surface area (Å²) >= 11 is 0. The first-order chi connectivity index (χ1) is 11.0. The zero-order valence-electron chi connectivity index (χ0n) is 13.0. The third-order valence-corrected chi connectivity index (χ3v) is 3.87. The summed E-state index contributed by atoms with van der Waals surface area (Å²) < 4.78 is 0. The Labute approximate surface area is 134 Å². The Bertz CT molecular complexity index is 576. The summed E-state index contributed by atoms with van der Waals surface area (Å²) in [5.74, 6) is -0.971. The fourth-order valence-corrected chi connectivity index (χ4v) is 2.63. The van der Waals surface area contributed by atoms with Gasteiger partial charge in [0.15, 0.2) is 0 Å². The topological polar surface area (TPSA) is 98.7 Å². The molecule has 23 heavy (non-hydrogen) atoms. The molecule has 1 aromatic carbocycles. The first-order valence-electron chi connectivity index (χ1n) is 7.58. The third-order valence-electron chi connectivity index (χ3n) is 3.87. The average Bonchev–Trinajstić information content (AvgIpc) is 2.87. The van der Waals surface area contributed by atoms with Gasteiger partial charge in [-0.2, -0.15) is 0 Å². The zero-order valence-corrected chi connectivity index (χ0v) is 13.0. The van der Waals surface area contributed by atoms with E-state index in [-0.39, 0.29) is 37.4 Å². The van der Waals surface area contributed by atoms with Gasteiger partial charge in [0.25, 0.3) is 0 Å². The molecule has 7 nitrogen and oxygen atoms in total. The van der Waals surface area contributed by atoms with Crippen LogP contribution in [0.1, 0.15) is 31.4 Å². The molecular formula is C16H21N3O4. The number of urea groups is 1. The van der Waals surface area contributed by atoms with E-state index in [4.69, 9.17) is 5.11 Å². The number of nitrogens with zero attached hydrogens (tertiary/aromatic N) is 1. The lowest BCUT2D eigenvalue weighted by atomic mass is 10.1. The van der Waals surface area contributed by atoms with Crippen LogP contribution in [0.15, 0.2) is 30.3 Å². The van der Waals surface area contributed by atoms with Crippen molar-refractivity contribution in [2.45, 2.75) is 31.8 Å². The number of carboxylic acids is 1. The summed E-state index contributed by atoms with van der Waals surface area (Å²) in [6, 6.07) is 8.96. The van der Waals surface area contributed by atoms with Crippen molar-refractivity contribution in [3.05, 3.63) is 35.9 Å². The molecular weight excluding hydrogens is 298 g/mol. The number of carbonyl (C=O) groups excluding carboxylic acids is 2. The van der Waals surface area contributed by atoms with E-state index in [1.807, 2.05) is 37.3 Å². The monoisotopic (exact) mass is 319 g/mol. The van der Waals surface area contributed by atoms with Crippen LogP contribution in [0.2, 0.25) is 0 Å². The van der Waals surface area contributed by atoms with Crippen molar-refractivity contribution >= 4 is 17.9 Å². The lowest BCUT2D eigenvalue weighted by Gasteiger charge is -2.25. The van der Waals surface area contributed by atoms with Crippen LogP contribution in [0, 0.1) is 0 Å². The molecule has 1 fully saturated rings. The highest BCUT2D eigenvalue weighted by atomic mass is 16.4. The van der Waals surface area contributed by atoms with E-state index in [2.05, 4.69) is 10.6 Å². The Morgan fingerprint density at radius 2 is 2.04 bits per heavy atom. The lowest BCUT2D eigenvalue weighted by Crippen LogP contribution is -2.44. The number of likely N-dealkylation sites (tertiary alicyclic amines) is 1. The fourth-order valence-electron chi connectivity index (χ4n) is 2.63. The average molecular weight is 319 g/mol. The molecule has 1 heterocycles. The number of carbonyl (C=O) groups is 3. The largest absolute Gasteiger partial charge is 0.481 e. The quantitative estimate of drug-likeness (QED) is 0.732. The number of aliphatic carboxylic acids is 1. The molecule has 3 N–H and O–H groups in total. The number of hydrogen-bond donors (Lipinski definition) is 3. The van der Waals surface area contributed by atoms with Crippen molar-refractivity contribution in [1.29, 1.82) is 0 Å². The minimum atomic E-state index is -0.968. The van der Waals surface area contributed by atoms with E-state index >= 15 is 0 Å². The van der Waals surface area contributed by atoms with Crippen molar-refractivity contribution in [1.82, 2.24) is 15.5 Å². The van der Waals surface area contributed by atoms with Gasteiger partial charge in [-0.15, -0.1) is 0 Å². The number of amides is 3. The summed E-state index contributed by atoms with van der Waals surface area (Å²) in [5.41, 5.74) is 1.05. The second-order valence-electron chi connectivity index (χ2n) is 5.58. The molecule has 3 amide bonds. The van der Waals surface area contributed by atoms with Gasteiger partial charge in [0.2, 0.25) is 5.91 Å². The molecule has 0 aliphatic carbocycles. The summed E-state index contributed by atoms with van der Waals surface area (Å²) in [6.45, 7) is 2.47. The Kier molecular flexibility index (Phi) is 5.56. The van der Waals surface area contributed by atoms with Gasteiger partial charge in [0.05, 0.1) is 18.5 Å². The van der Waals surface area contributed by atoms with Crippen molar-refractivity contribution in [3.63, 3.8) is 0 Å². The van der Waals surface area contributed by atoms with Crippen molar-refractivity contribution < 1.29 is 19.5 Å². The molecule has 0 spiro atoms. The minimum absolute atomic E-state index is 0.00260. The Morgan fingerprint density at radius 1 is 1.35 bits per heavy atom. The summed E-state index contributed by atoms with van der Waals surface area (Å²) in [7, 11) is 0. The maximum Gasteiger partial charge on any atom is 0.315 e. The van der Waals surface area contributed by atoms with E-state index in [0.717, 1.165) is 5.56 Å². The molecule has 2 unspecified atom stereocenters. The maximum atomic E-state index is 12.2. The molecule has 1 aromatic rings. The van der Waals surface area contributed by atoms with E-state index < -0.39 is 12.0 Å². The highest BCUT2D eigenvalue weighted by Gasteiger charge is 2.33. The van der Waals surface area contributed by atoms with E-state index in [9.17, 15) is 14.4 Å². The summed E-state index contributed by atoms with van der Waals surface area (Å²) in [4.78, 5) is 36.0. The van der Waals surface area contributed by atoms with Crippen LogP contribution in [0.5, 0.6) is 0 Å². The van der Waals surface area contributed by atoms with E-state index in [1.165, 1.54) is 0 Å². The number of rotatable bonds is 6. The molecule has 124 valence electrons. The predicted molar refractivity (Wildman–Crippen MR) is 83.8 cm³/mol. The summed E-state index contributed by atoms with van der Waals surface area (Å²) in [5, 5.41) is 13.7. The van der Waals surface area contributed by atoms with Gasteiger partial charge in [-0.25, -0.2) is 4.79 Å². The van der Waals surface area contributed by atoms with Crippen molar-refractivity contribution in [2.75, 3.05) is 13.1 Å². The zero-order chi connectivity index (χ0) is 16.8. The number of benzene rings is 1. The SMILES string of the molecule is CC(c1ccccc1)N1CC(NC(=O)NCCC(=O)O)CC1=O. The second-order valence-corrected chi connectivity index (χ2v) is 5.58. The van der Waals surface area contributed by atoms with Gasteiger partial charge in [-0.05, 0) is 12.5 Å². The number of hydrogen-bond acceptors (Lipinski definition) is 3. The first kappa shape index (κ1) is 16.8. The van der Waals surface area contributed by atoms with Gasteiger partial charge in [0, 0.05) is 19.5 Å². The van der Waals surface area contributed by atoms with Crippen molar-refractivity contribution in [3.8, 4) is 0 Å². The highest BCUT2D eigenvalue weighted by molar-refractivity contribution is 5.82. The van der Waals surface area contributed by atoms with Gasteiger partial charge in [0.1, 0.15) is 0 Å². The number of carboxylic acid groups (broad SMARTS) is 1. The Hall–Kier alpha value is -2.57.